The molecule has 2 aromatic carbocycles. The van der Waals surface area contributed by atoms with Crippen LogP contribution in [0.3, 0.4) is 0 Å². The molecule has 0 fully saturated rings. The second kappa shape index (κ2) is 9.68. The Balaban J connectivity index is 1.48. The first kappa shape index (κ1) is 24.7. The van der Waals surface area contributed by atoms with Gasteiger partial charge in [0, 0.05) is 13.0 Å². The molecule has 6 nitrogen and oxygen atoms in total. The summed E-state index contributed by atoms with van der Waals surface area (Å²) in [6.45, 7) is 11.1. The average molecular weight is 478 g/mol. The summed E-state index contributed by atoms with van der Waals surface area (Å²) in [5.41, 5.74) is 6.97. The number of furan rings is 1. The number of hydrogen-bond donors (Lipinski definition) is 1. The standard InChI is InChI=1S/C29H35NO5/c1-17-18(2)27-22(12-13-29(4,5)35-27)19(3)23(17)15-21-9-11-25(34-21)28(31)30-16-20-8-10-24(32-6)26(14-20)33-7/h8-11,14H,12-13,15-16H2,1-7H3,(H,30,31). The smallest absolute Gasteiger partial charge is 0.287 e. The van der Waals surface area contributed by atoms with Crippen LogP contribution in [-0.2, 0) is 19.4 Å². The van der Waals surface area contributed by atoms with Gasteiger partial charge in [-0.25, -0.2) is 0 Å². The van der Waals surface area contributed by atoms with E-state index in [1.54, 1.807) is 20.3 Å². The van der Waals surface area contributed by atoms with Crippen molar-refractivity contribution in [2.45, 2.75) is 66.0 Å². The molecule has 35 heavy (non-hydrogen) atoms. The van der Waals surface area contributed by atoms with E-state index in [1.165, 1.54) is 27.8 Å². The van der Waals surface area contributed by atoms with Crippen LogP contribution in [0.2, 0.25) is 0 Å². The van der Waals surface area contributed by atoms with Crippen molar-refractivity contribution in [3.63, 3.8) is 0 Å². The van der Waals surface area contributed by atoms with Crippen molar-refractivity contribution < 1.29 is 23.4 Å². The number of carbonyl (C=O) groups excluding carboxylic acids is 1. The number of rotatable bonds is 7. The molecular weight excluding hydrogens is 442 g/mol. The molecule has 3 aromatic rings. The van der Waals surface area contributed by atoms with Crippen molar-refractivity contribution in [3.8, 4) is 17.2 Å². The van der Waals surface area contributed by atoms with Crippen LogP contribution in [0.25, 0.3) is 0 Å². The predicted octanol–water partition coefficient (Wildman–Crippen LogP) is 5.85. The zero-order valence-electron chi connectivity index (χ0n) is 21.8. The van der Waals surface area contributed by atoms with E-state index < -0.39 is 0 Å². The summed E-state index contributed by atoms with van der Waals surface area (Å²) in [7, 11) is 3.18. The topological polar surface area (TPSA) is 69.9 Å². The molecule has 6 heteroatoms. The van der Waals surface area contributed by atoms with Gasteiger partial charge in [-0.1, -0.05) is 6.07 Å². The molecule has 1 aromatic heterocycles. The molecule has 186 valence electrons. The van der Waals surface area contributed by atoms with Crippen molar-refractivity contribution in [1.82, 2.24) is 5.32 Å². The van der Waals surface area contributed by atoms with Crippen LogP contribution in [-0.4, -0.2) is 25.7 Å². The summed E-state index contributed by atoms with van der Waals surface area (Å²) in [4.78, 5) is 12.7. The summed E-state index contributed by atoms with van der Waals surface area (Å²) < 4.78 is 22.9. The number of fused-ring (bicyclic) bond motifs is 1. The number of carbonyl (C=O) groups is 1. The van der Waals surface area contributed by atoms with E-state index in [0.29, 0.717) is 30.2 Å². The highest BCUT2D eigenvalue weighted by atomic mass is 16.5. The minimum atomic E-state index is -0.253. The van der Waals surface area contributed by atoms with Crippen LogP contribution >= 0.6 is 0 Å². The van der Waals surface area contributed by atoms with Crippen LogP contribution in [0.4, 0.5) is 0 Å². The molecule has 1 amide bonds. The third-order valence-corrected chi connectivity index (χ3v) is 7.03. The van der Waals surface area contributed by atoms with Gasteiger partial charge in [0.2, 0.25) is 0 Å². The average Bonchev–Trinajstić information content (AvgIpc) is 3.31. The van der Waals surface area contributed by atoms with Gasteiger partial charge in [0.1, 0.15) is 17.1 Å². The quantitative estimate of drug-likeness (QED) is 0.462. The second-order valence-corrected chi connectivity index (χ2v) is 9.84. The van der Waals surface area contributed by atoms with Crippen LogP contribution in [0.15, 0.2) is 34.7 Å². The third-order valence-electron chi connectivity index (χ3n) is 7.03. The van der Waals surface area contributed by atoms with Crippen LogP contribution < -0.4 is 19.5 Å². The van der Waals surface area contributed by atoms with Gasteiger partial charge >= 0.3 is 0 Å². The number of methoxy groups -OCH3 is 2. The summed E-state index contributed by atoms with van der Waals surface area (Å²) in [6, 6.07) is 9.19. The summed E-state index contributed by atoms with van der Waals surface area (Å²) in [5, 5.41) is 2.92. The molecule has 0 aliphatic carbocycles. The molecule has 1 aliphatic heterocycles. The minimum absolute atomic E-state index is 0.140. The molecular formula is C29H35NO5. The van der Waals surface area contributed by atoms with Gasteiger partial charge in [0.25, 0.3) is 5.91 Å². The molecule has 0 radical (unpaired) electrons. The van der Waals surface area contributed by atoms with Gasteiger partial charge in [-0.15, -0.1) is 0 Å². The summed E-state index contributed by atoms with van der Waals surface area (Å²) >= 11 is 0. The fraction of sp³-hybridized carbons (Fsp3) is 0.414. The Kier molecular flexibility index (Phi) is 6.84. The van der Waals surface area contributed by atoms with Crippen molar-refractivity contribution in [2.24, 2.45) is 0 Å². The van der Waals surface area contributed by atoms with E-state index >= 15 is 0 Å². The maximum atomic E-state index is 12.7. The van der Waals surface area contributed by atoms with E-state index in [0.717, 1.165) is 29.9 Å². The van der Waals surface area contributed by atoms with Crippen molar-refractivity contribution in [1.29, 1.82) is 0 Å². The molecule has 0 saturated carbocycles. The largest absolute Gasteiger partial charge is 0.493 e. The summed E-state index contributed by atoms with van der Waals surface area (Å²) in [5.74, 6) is 3.13. The lowest BCUT2D eigenvalue weighted by atomic mass is 9.84. The van der Waals surface area contributed by atoms with Crippen molar-refractivity contribution in [3.05, 3.63) is 75.2 Å². The molecule has 0 saturated heterocycles. The van der Waals surface area contributed by atoms with Crippen molar-refractivity contribution >= 4 is 5.91 Å². The highest BCUT2D eigenvalue weighted by molar-refractivity contribution is 5.91. The second-order valence-electron chi connectivity index (χ2n) is 9.84. The molecule has 1 N–H and O–H groups in total. The van der Waals surface area contributed by atoms with E-state index in [4.69, 9.17) is 18.6 Å². The fourth-order valence-corrected chi connectivity index (χ4v) is 4.74. The molecule has 0 unspecified atom stereocenters. The number of ether oxygens (including phenoxy) is 3. The Hall–Kier alpha value is -3.41. The molecule has 4 rings (SSSR count). The Morgan fingerprint density at radius 2 is 1.74 bits per heavy atom. The van der Waals surface area contributed by atoms with Crippen molar-refractivity contribution in [2.75, 3.05) is 14.2 Å². The highest BCUT2D eigenvalue weighted by Gasteiger charge is 2.30. The van der Waals surface area contributed by atoms with Crippen LogP contribution in [0, 0.1) is 20.8 Å². The maximum absolute atomic E-state index is 12.7. The number of amides is 1. The molecule has 2 heterocycles. The monoisotopic (exact) mass is 477 g/mol. The number of benzene rings is 2. The van der Waals surface area contributed by atoms with E-state index in [2.05, 4.69) is 39.9 Å². The third kappa shape index (κ3) is 5.02. The maximum Gasteiger partial charge on any atom is 0.287 e. The van der Waals surface area contributed by atoms with Gasteiger partial charge in [0.15, 0.2) is 17.3 Å². The first-order valence-corrected chi connectivity index (χ1v) is 12.0. The van der Waals surface area contributed by atoms with Gasteiger partial charge in [-0.05, 0) is 105 Å². The van der Waals surface area contributed by atoms with Gasteiger partial charge in [-0.2, -0.15) is 0 Å². The SMILES string of the molecule is COc1ccc(CNC(=O)c2ccc(Cc3c(C)c(C)c4c(c3C)CCC(C)(C)O4)o2)cc1OC. The minimum Gasteiger partial charge on any atom is -0.493 e. The molecule has 0 spiro atoms. The van der Waals surface area contributed by atoms with Crippen LogP contribution in [0.5, 0.6) is 17.2 Å². The Morgan fingerprint density at radius 3 is 2.46 bits per heavy atom. The molecule has 1 aliphatic rings. The Bertz CT molecular complexity index is 1250. The van der Waals surface area contributed by atoms with E-state index in [9.17, 15) is 4.79 Å². The van der Waals surface area contributed by atoms with Gasteiger partial charge < -0.3 is 23.9 Å². The molecule has 0 atom stereocenters. The molecule has 0 bridgehead atoms. The number of hydrogen-bond acceptors (Lipinski definition) is 5. The van der Waals surface area contributed by atoms with E-state index in [-0.39, 0.29) is 11.5 Å². The Morgan fingerprint density at radius 1 is 1.00 bits per heavy atom. The van der Waals surface area contributed by atoms with E-state index in [1.807, 2.05) is 24.3 Å². The Labute approximate surface area is 207 Å². The normalized spacial score (nSPS) is 14.1. The zero-order chi connectivity index (χ0) is 25.3. The van der Waals surface area contributed by atoms with Gasteiger partial charge in [0.05, 0.1) is 14.2 Å². The first-order chi connectivity index (χ1) is 16.6. The predicted molar refractivity (Wildman–Crippen MR) is 136 cm³/mol. The number of nitrogens with one attached hydrogen (secondary N) is 1. The highest BCUT2D eigenvalue weighted by Crippen LogP contribution is 2.41. The first-order valence-electron chi connectivity index (χ1n) is 12.0. The fourth-order valence-electron chi connectivity index (χ4n) is 4.74. The lowest BCUT2D eigenvalue weighted by molar-refractivity contribution is 0.0833. The summed E-state index contributed by atoms with van der Waals surface area (Å²) in [6.07, 6.45) is 2.64. The lowest BCUT2D eigenvalue weighted by Gasteiger charge is -2.35. The van der Waals surface area contributed by atoms with Gasteiger partial charge in [-0.3, -0.25) is 4.79 Å². The van der Waals surface area contributed by atoms with Crippen LogP contribution in [0.1, 0.15) is 70.0 Å². The lowest BCUT2D eigenvalue weighted by Crippen LogP contribution is -2.33. The zero-order valence-corrected chi connectivity index (χ0v) is 21.8.